The third kappa shape index (κ3) is 4.21. The van der Waals surface area contributed by atoms with E-state index in [0.717, 1.165) is 25.9 Å². The number of carbonyl (C=O) groups excluding carboxylic acids is 2. The van der Waals surface area contributed by atoms with E-state index in [1.807, 2.05) is 0 Å². The number of amides is 2. The molecule has 1 aromatic rings. The monoisotopic (exact) mass is 297 g/mol. The molecule has 0 aromatic heterocycles. The zero-order chi connectivity index (χ0) is 13.7. The summed E-state index contributed by atoms with van der Waals surface area (Å²) in [6, 6.07) is 6.98. The van der Waals surface area contributed by atoms with Crippen LogP contribution in [0.3, 0.4) is 0 Å². The SMILES string of the molecule is CNC(=O)c1cccc(C(=O)NC2CCNCC2)c1.Cl. The summed E-state index contributed by atoms with van der Waals surface area (Å²) in [7, 11) is 1.57. The highest BCUT2D eigenvalue weighted by atomic mass is 35.5. The van der Waals surface area contributed by atoms with Gasteiger partial charge in [-0.15, -0.1) is 12.4 Å². The zero-order valence-electron chi connectivity index (χ0n) is 11.4. The molecule has 20 heavy (non-hydrogen) atoms. The molecule has 1 saturated heterocycles. The minimum absolute atomic E-state index is 0. The number of piperidine rings is 1. The average Bonchev–Trinajstić information content (AvgIpc) is 2.47. The van der Waals surface area contributed by atoms with Gasteiger partial charge in [0.05, 0.1) is 0 Å². The van der Waals surface area contributed by atoms with E-state index in [9.17, 15) is 9.59 Å². The quantitative estimate of drug-likeness (QED) is 0.778. The first-order chi connectivity index (χ1) is 9.20. The Bertz CT molecular complexity index is 473. The minimum Gasteiger partial charge on any atom is -0.355 e. The minimum atomic E-state index is -0.184. The van der Waals surface area contributed by atoms with Crippen molar-refractivity contribution in [3.8, 4) is 0 Å². The molecule has 1 fully saturated rings. The smallest absolute Gasteiger partial charge is 0.251 e. The third-order valence-electron chi connectivity index (χ3n) is 3.29. The van der Waals surface area contributed by atoms with Crippen molar-refractivity contribution in [2.75, 3.05) is 20.1 Å². The molecule has 0 spiro atoms. The molecule has 0 bridgehead atoms. The van der Waals surface area contributed by atoms with Crippen LogP contribution in [-0.4, -0.2) is 38.0 Å². The van der Waals surface area contributed by atoms with E-state index >= 15 is 0 Å². The van der Waals surface area contributed by atoms with Crippen molar-refractivity contribution in [2.45, 2.75) is 18.9 Å². The number of nitrogens with one attached hydrogen (secondary N) is 3. The Morgan fingerprint density at radius 3 is 2.35 bits per heavy atom. The summed E-state index contributed by atoms with van der Waals surface area (Å²) in [4.78, 5) is 23.6. The molecule has 0 saturated carbocycles. The molecule has 0 radical (unpaired) electrons. The van der Waals surface area contributed by atoms with Crippen molar-refractivity contribution in [1.82, 2.24) is 16.0 Å². The van der Waals surface area contributed by atoms with Gasteiger partial charge in [-0.2, -0.15) is 0 Å². The molecule has 3 N–H and O–H groups in total. The van der Waals surface area contributed by atoms with Crippen molar-refractivity contribution < 1.29 is 9.59 Å². The Balaban J connectivity index is 0.00000200. The molecule has 2 amide bonds. The lowest BCUT2D eigenvalue weighted by molar-refractivity contribution is 0.0929. The largest absolute Gasteiger partial charge is 0.355 e. The van der Waals surface area contributed by atoms with Crippen LogP contribution in [0.15, 0.2) is 24.3 Å². The number of rotatable bonds is 3. The third-order valence-corrected chi connectivity index (χ3v) is 3.29. The number of carbonyl (C=O) groups is 2. The molecule has 0 unspecified atom stereocenters. The highest BCUT2D eigenvalue weighted by Crippen LogP contribution is 2.08. The predicted molar refractivity (Wildman–Crippen MR) is 80.4 cm³/mol. The number of hydrogen-bond acceptors (Lipinski definition) is 3. The van der Waals surface area contributed by atoms with E-state index in [-0.39, 0.29) is 30.3 Å². The highest BCUT2D eigenvalue weighted by molar-refractivity contribution is 5.99. The van der Waals surface area contributed by atoms with Crippen LogP contribution in [0, 0.1) is 0 Å². The van der Waals surface area contributed by atoms with Gasteiger partial charge in [-0.05, 0) is 44.1 Å². The lowest BCUT2D eigenvalue weighted by atomic mass is 10.1. The Labute approximate surface area is 124 Å². The Kier molecular flexibility index (Phi) is 6.48. The summed E-state index contributed by atoms with van der Waals surface area (Å²) in [6.07, 6.45) is 1.89. The van der Waals surface area contributed by atoms with E-state index in [4.69, 9.17) is 0 Å². The van der Waals surface area contributed by atoms with Crippen LogP contribution in [-0.2, 0) is 0 Å². The molecular weight excluding hydrogens is 278 g/mol. The molecule has 110 valence electrons. The van der Waals surface area contributed by atoms with E-state index in [1.54, 1.807) is 31.3 Å². The Morgan fingerprint density at radius 2 is 1.75 bits per heavy atom. The van der Waals surface area contributed by atoms with Gasteiger partial charge in [-0.25, -0.2) is 0 Å². The molecule has 0 aliphatic carbocycles. The topological polar surface area (TPSA) is 70.2 Å². The van der Waals surface area contributed by atoms with E-state index < -0.39 is 0 Å². The van der Waals surface area contributed by atoms with Crippen molar-refractivity contribution >= 4 is 24.2 Å². The van der Waals surface area contributed by atoms with Crippen LogP contribution in [0.4, 0.5) is 0 Å². The molecule has 1 aliphatic rings. The van der Waals surface area contributed by atoms with Crippen LogP contribution in [0.2, 0.25) is 0 Å². The maximum atomic E-state index is 12.1. The van der Waals surface area contributed by atoms with Crippen LogP contribution in [0.5, 0.6) is 0 Å². The van der Waals surface area contributed by atoms with Crippen LogP contribution >= 0.6 is 12.4 Å². The number of halogens is 1. The molecule has 6 heteroatoms. The maximum absolute atomic E-state index is 12.1. The standard InChI is InChI=1S/C14H19N3O2.ClH/c1-15-13(18)10-3-2-4-11(9-10)14(19)17-12-5-7-16-8-6-12;/h2-4,9,12,16H,5-8H2,1H3,(H,15,18)(H,17,19);1H. The first kappa shape index (κ1) is 16.5. The van der Waals surface area contributed by atoms with Gasteiger partial charge >= 0.3 is 0 Å². The van der Waals surface area contributed by atoms with Gasteiger partial charge in [0, 0.05) is 24.2 Å². The van der Waals surface area contributed by atoms with Gasteiger partial charge in [-0.1, -0.05) is 6.07 Å². The fourth-order valence-electron chi connectivity index (χ4n) is 2.18. The molecule has 0 atom stereocenters. The zero-order valence-corrected chi connectivity index (χ0v) is 12.3. The van der Waals surface area contributed by atoms with E-state index in [1.165, 1.54) is 0 Å². The van der Waals surface area contributed by atoms with Gasteiger partial charge in [-0.3, -0.25) is 9.59 Å². The van der Waals surface area contributed by atoms with E-state index in [2.05, 4.69) is 16.0 Å². The molecule has 2 rings (SSSR count). The van der Waals surface area contributed by atoms with Crippen LogP contribution in [0.1, 0.15) is 33.6 Å². The van der Waals surface area contributed by atoms with Gasteiger partial charge in [0.2, 0.25) is 0 Å². The Hall–Kier alpha value is -1.59. The second kappa shape index (κ2) is 7.87. The fourth-order valence-corrected chi connectivity index (χ4v) is 2.18. The maximum Gasteiger partial charge on any atom is 0.251 e. The normalized spacial score (nSPS) is 15.1. The van der Waals surface area contributed by atoms with Crippen LogP contribution in [0.25, 0.3) is 0 Å². The summed E-state index contributed by atoms with van der Waals surface area (Å²) >= 11 is 0. The number of hydrogen-bond donors (Lipinski definition) is 3. The lowest BCUT2D eigenvalue weighted by Crippen LogP contribution is -2.42. The van der Waals surface area contributed by atoms with Crippen molar-refractivity contribution in [3.05, 3.63) is 35.4 Å². The average molecular weight is 298 g/mol. The van der Waals surface area contributed by atoms with Crippen molar-refractivity contribution in [2.24, 2.45) is 0 Å². The van der Waals surface area contributed by atoms with Crippen LogP contribution < -0.4 is 16.0 Å². The van der Waals surface area contributed by atoms with Gasteiger partial charge < -0.3 is 16.0 Å². The highest BCUT2D eigenvalue weighted by Gasteiger charge is 2.16. The van der Waals surface area contributed by atoms with Gasteiger partial charge in [0.1, 0.15) is 0 Å². The lowest BCUT2D eigenvalue weighted by Gasteiger charge is -2.23. The molecule has 1 heterocycles. The first-order valence-corrected chi connectivity index (χ1v) is 6.54. The second-order valence-electron chi connectivity index (χ2n) is 4.66. The summed E-state index contributed by atoms with van der Waals surface area (Å²) in [5, 5.41) is 8.81. The van der Waals surface area contributed by atoms with Crippen molar-refractivity contribution in [3.63, 3.8) is 0 Å². The fraction of sp³-hybridized carbons (Fsp3) is 0.429. The summed E-state index contributed by atoms with van der Waals surface area (Å²) < 4.78 is 0. The van der Waals surface area contributed by atoms with Crippen molar-refractivity contribution in [1.29, 1.82) is 0 Å². The summed E-state index contributed by atoms with van der Waals surface area (Å²) in [5.74, 6) is -0.297. The Morgan fingerprint density at radius 1 is 1.15 bits per heavy atom. The molecule has 1 aliphatic heterocycles. The first-order valence-electron chi connectivity index (χ1n) is 6.54. The predicted octanol–water partition coefficient (Wildman–Crippen LogP) is 0.950. The summed E-state index contributed by atoms with van der Waals surface area (Å²) in [5.41, 5.74) is 1.03. The number of benzene rings is 1. The second-order valence-corrected chi connectivity index (χ2v) is 4.66. The molecule has 1 aromatic carbocycles. The summed E-state index contributed by atoms with van der Waals surface area (Å²) in [6.45, 7) is 1.87. The molecular formula is C14H20ClN3O2. The van der Waals surface area contributed by atoms with Gasteiger partial charge in [0.25, 0.3) is 11.8 Å². The molecule has 5 nitrogen and oxygen atoms in total. The van der Waals surface area contributed by atoms with E-state index in [0.29, 0.717) is 11.1 Å². The van der Waals surface area contributed by atoms with Gasteiger partial charge in [0.15, 0.2) is 0 Å².